The molecule has 0 aromatic heterocycles. The number of hydrogen-bond donors (Lipinski definition) is 0. The number of likely N-dealkylation sites (tertiary alicyclic amines) is 1. The van der Waals surface area contributed by atoms with Gasteiger partial charge in [-0.15, -0.1) is 0 Å². The summed E-state index contributed by atoms with van der Waals surface area (Å²) in [6.45, 7) is -0.259. The number of rotatable bonds is 3. The second kappa shape index (κ2) is 4.52. The van der Waals surface area contributed by atoms with Crippen LogP contribution < -0.4 is 0 Å². The van der Waals surface area contributed by atoms with Crippen molar-refractivity contribution in [3.63, 3.8) is 0 Å². The fourth-order valence-electron chi connectivity index (χ4n) is 1.80. The summed E-state index contributed by atoms with van der Waals surface area (Å²) in [5, 5.41) is 10.6. The zero-order chi connectivity index (χ0) is 13.3. The van der Waals surface area contributed by atoms with Gasteiger partial charge in [0.1, 0.15) is 0 Å². The second-order valence-corrected chi connectivity index (χ2v) is 3.88. The Labute approximate surface area is 101 Å². The van der Waals surface area contributed by atoms with Gasteiger partial charge in [0.25, 0.3) is 0 Å². The highest BCUT2D eigenvalue weighted by Gasteiger charge is 2.30. The highest BCUT2D eigenvalue weighted by Crippen LogP contribution is 2.23. The van der Waals surface area contributed by atoms with Gasteiger partial charge in [-0.2, -0.15) is 4.39 Å². The van der Waals surface area contributed by atoms with Crippen LogP contribution in [0.5, 0.6) is 0 Å². The summed E-state index contributed by atoms with van der Waals surface area (Å²) in [5.74, 6) is -1.77. The summed E-state index contributed by atoms with van der Waals surface area (Å²) < 4.78 is 13.7. The Morgan fingerprint density at radius 3 is 2.44 bits per heavy atom. The molecule has 1 heterocycles. The fourth-order valence-corrected chi connectivity index (χ4v) is 1.80. The lowest BCUT2D eigenvalue weighted by atomic mass is 10.1. The standard InChI is InChI=1S/C11H9FN2O4/c12-11-7(2-1-3-8(11)14(17)18)6-13-9(15)4-5-10(13)16/h1-3H,4-6H2. The number of nitro benzene ring substituents is 1. The second-order valence-electron chi connectivity index (χ2n) is 3.88. The summed E-state index contributed by atoms with van der Waals surface area (Å²) in [7, 11) is 0. The lowest BCUT2D eigenvalue weighted by molar-refractivity contribution is -0.387. The van der Waals surface area contributed by atoms with Crippen LogP contribution in [-0.2, 0) is 16.1 Å². The van der Waals surface area contributed by atoms with Crippen LogP contribution in [-0.4, -0.2) is 21.6 Å². The molecule has 0 saturated carbocycles. The summed E-state index contributed by atoms with van der Waals surface area (Å²) in [4.78, 5) is 33.4. The minimum atomic E-state index is -1.00. The monoisotopic (exact) mass is 252 g/mol. The van der Waals surface area contributed by atoms with Crippen LogP contribution in [0.2, 0.25) is 0 Å². The minimum absolute atomic E-state index is 0.0344. The number of benzene rings is 1. The van der Waals surface area contributed by atoms with Crippen molar-refractivity contribution < 1.29 is 18.9 Å². The van der Waals surface area contributed by atoms with E-state index in [1.807, 2.05) is 0 Å². The van der Waals surface area contributed by atoms with Gasteiger partial charge in [-0.25, -0.2) is 0 Å². The van der Waals surface area contributed by atoms with Crippen molar-refractivity contribution in [3.8, 4) is 0 Å². The maximum atomic E-state index is 13.7. The van der Waals surface area contributed by atoms with Gasteiger partial charge < -0.3 is 0 Å². The van der Waals surface area contributed by atoms with E-state index in [1.54, 1.807) is 0 Å². The molecule has 18 heavy (non-hydrogen) atoms. The largest absolute Gasteiger partial charge is 0.305 e. The number of halogens is 1. The highest BCUT2D eigenvalue weighted by atomic mass is 19.1. The van der Waals surface area contributed by atoms with Gasteiger partial charge in [0.05, 0.1) is 11.5 Å². The van der Waals surface area contributed by atoms with E-state index in [4.69, 9.17) is 0 Å². The SMILES string of the molecule is O=C1CCC(=O)N1Cc1cccc([N+](=O)[O-])c1F. The number of imide groups is 1. The van der Waals surface area contributed by atoms with Crippen molar-refractivity contribution in [1.82, 2.24) is 4.90 Å². The smallest absolute Gasteiger partial charge is 0.278 e. The van der Waals surface area contributed by atoms with Crippen molar-refractivity contribution in [3.05, 3.63) is 39.7 Å². The molecule has 1 saturated heterocycles. The van der Waals surface area contributed by atoms with Crippen LogP contribution >= 0.6 is 0 Å². The Morgan fingerprint density at radius 1 is 1.28 bits per heavy atom. The third-order valence-electron chi connectivity index (χ3n) is 2.74. The summed E-state index contributed by atoms with van der Waals surface area (Å²) in [5.41, 5.74) is -0.695. The Hall–Kier alpha value is -2.31. The van der Waals surface area contributed by atoms with Gasteiger partial charge in [-0.3, -0.25) is 24.6 Å². The molecule has 1 aromatic carbocycles. The average Bonchev–Trinajstić information content (AvgIpc) is 2.63. The normalized spacial score (nSPS) is 15.3. The van der Waals surface area contributed by atoms with Gasteiger partial charge in [-0.1, -0.05) is 12.1 Å². The molecule has 1 fully saturated rings. The van der Waals surface area contributed by atoms with Crippen molar-refractivity contribution >= 4 is 17.5 Å². The Morgan fingerprint density at radius 2 is 1.89 bits per heavy atom. The van der Waals surface area contributed by atoms with Crippen LogP contribution in [0.25, 0.3) is 0 Å². The molecule has 0 spiro atoms. The van der Waals surface area contributed by atoms with Crippen LogP contribution in [0.1, 0.15) is 18.4 Å². The van der Waals surface area contributed by atoms with E-state index < -0.39 is 16.4 Å². The molecule has 1 aromatic rings. The maximum absolute atomic E-state index is 13.7. The third-order valence-corrected chi connectivity index (χ3v) is 2.74. The molecule has 1 aliphatic rings. The minimum Gasteiger partial charge on any atom is -0.278 e. The van der Waals surface area contributed by atoms with Gasteiger partial charge in [0.15, 0.2) is 0 Å². The first-order chi connectivity index (χ1) is 8.50. The molecule has 0 N–H and O–H groups in total. The van der Waals surface area contributed by atoms with Gasteiger partial charge in [0, 0.05) is 24.5 Å². The molecule has 94 valence electrons. The topological polar surface area (TPSA) is 80.5 Å². The average molecular weight is 252 g/mol. The predicted molar refractivity (Wildman–Crippen MR) is 57.8 cm³/mol. The van der Waals surface area contributed by atoms with Crippen LogP contribution in [0.15, 0.2) is 18.2 Å². The van der Waals surface area contributed by atoms with Gasteiger partial charge >= 0.3 is 5.69 Å². The van der Waals surface area contributed by atoms with E-state index in [1.165, 1.54) is 12.1 Å². The lowest BCUT2D eigenvalue weighted by Gasteiger charge is -2.13. The number of nitrogens with zero attached hydrogens (tertiary/aromatic N) is 2. The first kappa shape index (κ1) is 12.2. The number of nitro groups is 1. The van der Waals surface area contributed by atoms with Gasteiger partial charge in [-0.05, 0) is 0 Å². The van der Waals surface area contributed by atoms with E-state index in [0.717, 1.165) is 11.0 Å². The summed E-state index contributed by atoms with van der Waals surface area (Å²) in [6, 6.07) is 3.68. The van der Waals surface area contributed by atoms with Crippen LogP contribution in [0, 0.1) is 15.9 Å². The molecule has 0 bridgehead atoms. The molecule has 2 amide bonds. The molecular formula is C11H9FN2O4. The lowest BCUT2D eigenvalue weighted by Crippen LogP contribution is -2.28. The Kier molecular flexibility index (Phi) is 3.05. The third kappa shape index (κ3) is 2.06. The van der Waals surface area contributed by atoms with E-state index in [2.05, 4.69) is 0 Å². The van der Waals surface area contributed by atoms with E-state index in [0.29, 0.717) is 0 Å². The first-order valence-electron chi connectivity index (χ1n) is 5.25. The van der Waals surface area contributed by atoms with E-state index >= 15 is 0 Å². The number of carbonyl (C=O) groups is 2. The molecule has 6 nitrogen and oxygen atoms in total. The fraction of sp³-hybridized carbons (Fsp3) is 0.273. The first-order valence-corrected chi connectivity index (χ1v) is 5.25. The van der Waals surface area contributed by atoms with Crippen molar-refractivity contribution in [1.29, 1.82) is 0 Å². The Bertz CT molecular complexity index is 528. The molecular weight excluding hydrogens is 243 g/mol. The number of carbonyl (C=O) groups excluding carboxylic acids is 2. The molecule has 7 heteroatoms. The number of amides is 2. The van der Waals surface area contributed by atoms with Crippen LogP contribution in [0.3, 0.4) is 0 Å². The number of hydrogen-bond acceptors (Lipinski definition) is 4. The molecule has 1 aliphatic heterocycles. The van der Waals surface area contributed by atoms with Crippen LogP contribution in [0.4, 0.5) is 10.1 Å². The van der Waals surface area contributed by atoms with E-state index in [-0.39, 0.29) is 36.8 Å². The Balaban J connectivity index is 2.30. The van der Waals surface area contributed by atoms with E-state index in [9.17, 15) is 24.1 Å². The quantitative estimate of drug-likeness (QED) is 0.462. The highest BCUT2D eigenvalue weighted by molar-refractivity contribution is 6.01. The van der Waals surface area contributed by atoms with Gasteiger partial charge in [0.2, 0.25) is 17.6 Å². The zero-order valence-corrected chi connectivity index (χ0v) is 9.26. The summed E-state index contributed by atoms with van der Waals surface area (Å²) in [6.07, 6.45) is 0.213. The van der Waals surface area contributed by atoms with Crippen molar-refractivity contribution in [2.75, 3.05) is 0 Å². The molecule has 0 radical (unpaired) electrons. The molecule has 2 rings (SSSR count). The summed E-state index contributed by atoms with van der Waals surface area (Å²) >= 11 is 0. The van der Waals surface area contributed by atoms with Crippen molar-refractivity contribution in [2.45, 2.75) is 19.4 Å². The zero-order valence-electron chi connectivity index (χ0n) is 9.26. The predicted octanol–water partition coefficient (Wildman–Crippen LogP) is 1.38. The molecule has 0 aliphatic carbocycles. The molecule has 0 atom stereocenters. The van der Waals surface area contributed by atoms with Crippen molar-refractivity contribution in [2.24, 2.45) is 0 Å². The maximum Gasteiger partial charge on any atom is 0.305 e. The molecule has 0 unspecified atom stereocenters.